The van der Waals surface area contributed by atoms with Crippen molar-refractivity contribution in [2.75, 3.05) is 52.5 Å². The molecule has 0 fully saturated rings. The minimum Gasteiger partial charge on any atom is -0.380 e. The molecule has 0 aromatic heterocycles. The standard InChI is InChI=1S/C20H41N9O5/c1-14(2)12-16(27-15(3)30)20(33)28-17(13-18(31)24-7-6-23-5-4-21)19(32)25-8-10-34-11-9-26-29-22/h14,16-17,19,23,25,32H,4-13,21H2,1-3H3,(H,24,31)(H,27,30)(H,28,33)/t16-,17?,19?/m1/s1. The average Bonchev–Trinajstić information content (AvgIpc) is 2.76. The maximum atomic E-state index is 12.8. The Bertz CT molecular complexity index is 644. The average molecular weight is 488 g/mol. The van der Waals surface area contributed by atoms with Gasteiger partial charge in [0.05, 0.1) is 25.7 Å². The first-order valence-corrected chi connectivity index (χ1v) is 11.5. The largest absolute Gasteiger partial charge is 0.380 e. The molecule has 14 heteroatoms. The Kier molecular flexibility index (Phi) is 18.5. The first-order valence-electron chi connectivity index (χ1n) is 11.5. The number of nitrogens with two attached hydrogens (primary N) is 1. The third-order valence-corrected chi connectivity index (χ3v) is 4.46. The molecule has 0 aliphatic rings. The molecule has 0 bridgehead atoms. The van der Waals surface area contributed by atoms with Crippen molar-refractivity contribution in [3.05, 3.63) is 10.4 Å². The monoisotopic (exact) mass is 487 g/mol. The fourth-order valence-electron chi connectivity index (χ4n) is 2.94. The van der Waals surface area contributed by atoms with E-state index in [2.05, 4.69) is 36.6 Å². The number of hydrogen-bond acceptors (Lipinski definition) is 9. The normalized spacial score (nSPS) is 13.5. The molecule has 0 rings (SSSR count). The summed E-state index contributed by atoms with van der Waals surface area (Å²) in [7, 11) is 0. The number of aliphatic hydroxyl groups is 1. The van der Waals surface area contributed by atoms with Gasteiger partial charge >= 0.3 is 0 Å². The van der Waals surface area contributed by atoms with Gasteiger partial charge in [-0.15, -0.1) is 0 Å². The smallest absolute Gasteiger partial charge is 0.242 e. The summed E-state index contributed by atoms with van der Waals surface area (Å²) >= 11 is 0. The van der Waals surface area contributed by atoms with E-state index in [1.807, 2.05) is 13.8 Å². The van der Waals surface area contributed by atoms with Crippen LogP contribution in [0.1, 0.15) is 33.6 Å². The van der Waals surface area contributed by atoms with Gasteiger partial charge in [-0.05, 0) is 17.9 Å². The van der Waals surface area contributed by atoms with Crippen LogP contribution in [0.2, 0.25) is 0 Å². The molecule has 0 aliphatic heterocycles. The Morgan fingerprint density at radius 3 is 2.47 bits per heavy atom. The van der Waals surface area contributed by atoms with Crippen LogP contribution in [0.15, 0.2) is 5.11 Å². The fraction of sp³-hybridized carbons (Fsp3) is 0.850. The van der Waals surface area contributed by atoms with Gasteiger partial charge in [-0.3, -0.25) is 19.7 Å². The predicted molar refractivity (Wildman–Crippen MR) is 127 cm³/mol. The molecule has 3 amide bonds. The maximum Gasteiger partial charge on any atom is 0.242 e. The van der Waals surface area contributed by atoms with E-state index in [-0.39, 0.29) is 50.5 Å². The molecule has 0 aromatic carbocycles. The summed E-state index contributed by atoms with van der Waals surface area (Å²) in [4.78, 5) is 39.4. The quantitative estimate of drug-likeness (QED) is 0.0345. The number of carbonyl (C=O) groups is 3. The van der Waals surface area contributed by atoms with E-state index in [0.717, 1.165) is 0 Å². The van der Waals surface area contributed by atoms with Crippen LogP contribution < -0.4 is 32.3 Å². The Morgan fingerprint density at radius 1 is 1.12 bits per heavy atom. The molecule has 0 saturated heterocycles. The first kappa shape index (κ1) is 31.5. The number of nitrogens with one attached hydrogen (secondary N) is 5. The second-order valence-corrected chi connectivity index (χ2v) is 8.06. The van der Waals surface area contributed by atoms with E-state index in [4.69, 9.17) is 16.0 Å². The van der Waals surface area contributed by atoms with Crippen LogP contribution in [0.3, 0.4) is 0 Å². The highest BCUT2D eigenvalue weighted by Gasteiger charge is 2.28. The molecule has 2 unspecified atom stereocenters. The number of ether oxygens (including phenoxy) is 1. The summed E-state index contributed by atoms with van der Waals surface area (Å²) in [6, 6.07) is -1.74. The summed E-state index contributed by atoms with van der Waals surface area (Å²) in [6.07, 6.45) is -1.02. The highest BCUT2D eigenvalue weighted by molar-refractivity contribution is 5.87. The van der Waals surface area contributed by atoms with Gasteiger partial charge in [-0.1, -0.05) is 19.0 Å². The summed E-state index contributed by atoms with van der Waals surface area (Å²) < 4.78 is 5.27. The van der Waals surface area contributed by atoms with E-state index >= 15 is 0 Å². The minimum atomic E-state index is -1.25. The van der Waals surface area contributed by atoms with Gasteiger partial charge in [0.1, 0.15) is 12.3 Å². The zero-order valence-electron chi connectivity index (χ0n) is 20.4. The Hall–Kier alpha value is -2.48. The molecule has 34 heavy (non-hydrogen) atoms. The predicted octanol–water partition coefficient (Wildman–Crippen LogP) is -1.69. The number of aliphatic hydroxyl groups excluding tert-OH is 1. The zero-order valence-corrected chi connectivity index (χ0v) is 20.4. The van der Waals surface area contributed by atoms with Crippen LogP contribution in [0.4, 0.5) is 0 Å². The van der Waals surface area contributed by atoms with Crippen molar-refractivity contribution >= 4 is 17.7 Å². The number of rotatable bonds is 20. The molecule has 3 atom stereocenters. The summed E-state index contributed by atoms with van der Waals surface area (Å²) in [6.45, 7) is 8.06. The molecular formula is C20H41N9O5. The van der Waals surface area contributed by atoms with Crippen molar-refractivity contribution in [3.8, 4) is 0 Å². The summed E-state index contributed by atoms with van der Waals surface area (Å²) in [5, 5.41) is 27.8. The van der Waals surface area contributed by atoms with Crippen molar-refractivity contribution in [2.24, 2.45) is 16.8 Å². The van der Waals surface area contributed by atoms with Gasteiger partial charge in [0.15, 0.2) is 0 Å². The molecule has 0 heterocycles. The lowest BCUT2D eigenvalue weighted by Crippen LogP contribution is -2.57. The Morgan fingerprint density at radius 2 is 1.85 bits per heavy atom. The molecule has 0 aromatic rings. The number of hydrogen-bond donors (Lipinski definition) is 7. The molecule has 196 valence electrons. The fourth-order valence-corrected chi connectivity index (χ4v) is 2.94. The van der Waals surface area contributed by atoms with Gasteiger partial charge in [-0.2, -0.15) is 0 Å². The minimum absolute atomic E-state index is 0.135. The summed E-state index contributed by atoms with van der Waals surface area (Å²) in [5.74, 6) is -1.06. The van der Waals surface area contributed by atoms with E-state index in [1.54, 1.807) is 0 Å². The summed E-state index contributed by atoms with van der Waals surface area (Å²) in [5.41, 5.74) is 13.6. The third-order valence-electron chi connectivity index (χ3n) is 4.46. The molecule has 0 radical (unpaired) electrons. The van der Waals surface area contributed by atoms with E-state index in [9.17, 15) is 19.5 Å². The topological polar surface area (TPSA) is 216 Å². The van der Waals surface area contributed by atoms with Crippen molar-refractivity contribution < 1.29 is 24.2 Å². The van der Waals surface area contributed by atoms with Gasteiger partial charge in [0.2, 0.25) is 17.7 Å². The number of carbonyl (C=O) groups excluding carboxylic acids is 3. The maximum absolute atomic E-state index is 12.8. The van der Waals surface area contributed by atoms with E-state index in [1.165, 1.54) is 6.92 Å². The number of azide groups is 1. The molecule has 14 nitrogen and oxygen atoms in total. The van der Waals surface area contributed by atoms with Crippen molar-refractivity contribution in [1.29, 1.82) is 0 Å². The number of amides is 3. The molecule has 8 N–H and O–H groups in total. The van der Waals surface area contributed by atoms with Gasteiger partial charge in [-0.25, -0.2) is 0 Å². The highest BCUT2D eigenvalue weighted by atomic mass is 16.5. The van der Waals surface area contributed by atoms with Crippen molar-refractivity contribution in [1.82, 2.24) is 26.6 Å². The van der Waals surface area contributed by atoms with Crippen LogP contribution in [-0.2, 0) is 19.1 Å². The number of nitrogens with zero attached hydrogens (tertiary/aromatic N) is 3. The lowest BCUT2D eigenvalue weighted by Gasteiger charge is -2.27. The first-order chi connectivity index (χ1) is 16.2. The molecular weight excluding hydrogens is 446 g/mol. The van der Waals surface area contributed by atoms with Gasteiger partial charge in [0.25, 0.3) is 0 Å². The van der Waals surface area contributed by atoms with Gasteiger partial charge < -0.3 is 36.8 Å². The molecule has 0 spiro atoms. The molecule has 0 saturated carbocycles. The zero-order chi connectivity index (χ0) is 25.8. The van der Waals surface area contributed by atoms with Crippen LogP contribution >= 0.6 is 0 Å². The highest BCUT2D eigenvalue weighted by Crippen LogP contribution is 2.07. The van der Waals surface area contributed by atoms with Crippen LogP contribution in [-0.4, -0.2) is 93.6 Å². The Labute approximate surface area is 200 Å². The SMILES string of the molecule is CC(=O)N[C@H](CC(C)C)C(=O)NC(CC(=O)NCCNCCN)C(O)NCCOCCN=[N+]=[N-]. The van der Waals surface area contributed by atoms with Crippen LogP contribution in [0.5, 0.6) is 0 Å². The van der Waals surface area contributed by atoms with Crippen LogP contribution in [0, 0.1) is 5.92 Å². The second kappa shape index (κ2) is 19.9. The van der Waals surface area contributed by atoms with E-state index in [0.29, 0.717) is 32.6 Å². The van der Waals surface area contributed by atoms with Crippen molar-refractivity contribution in [2.45, 2.75) is 51.9 Å². The molecule has 0 aliphatic carbocycles. The second-order valence-electron chi connectivity index (χ2n) is 8.06. The van der Waals surface area contributed by atoms with Crippen LogP contribution in [0.25, 0.3) is 10.4 Å². The van der Waals surface area contributed by atoms with Crippen molar-refractivity contribution in [3.63, 3.8) is 0 Å². The third kappa shape index (κ3) is 17.1. The lowest BCUT2D eigenvalue weighted by molar-refractivity contribution is -0.130. The lowest BCUT2D eigenvalue weighted by atomic mass is 10.0. The van der Waals surface area contributed by atoms with E-state index < -0.39 is 24.2 Å². The Balaban J connectivity index is 4.97. The van der Waals surface area contributed by atoms with Gasteiger partial charge in [0, 0.05) is 51.1 Å².